The first kappa shape index (κ1) is 18.4. The maximum Gasteiger partial charge on any atom is 0.255 e. The van der Waals surface area contributed by atoms with Crippen LogP contribution in [-0.2, 0) is 0 Å². The van der Waals surface area contributed by atoms with Crippen molar-refractivity contribution in [1.82, 2.24) is 0 Å². The fraction of sp³-hybridized carbons (Fsp3) is 0. The lowest BCUT2D eigenvalue weighted by Crippen LogP contribution is -2.14. The molecule has 0 atom stereocenters. The molecule has 0 heterocycles. The fourth-order valence-electron chi connectivity index (χ4n) is 3.04. The van der Waals surface area contributed by atoms with Gasteiger partial charge in [-0.2, -0.15) is 0 Å². The third-order valence-corrected chi connectivity index (χ3v) is 4.55. The van der Waals surface area contributed by atoms with Gasteiger partial charge in [-0.3, -0.25) is 9.59 Å². The molecule has 5 heteroatoms. The normalized spacial score (nSPS) is 10.5. The van der Waals surface area contributed by atoms with E-state index in [0.717, 1.165) is 16.5 Å². The van der Waals surface area contributed by atoms with Gasteiger partial charge in [-0.1, -0.05) is 36.4 Å². The molecule has 0 saturated heterocycles. The van der Waals surface area contributed by atoms with Gasteiger partial charge in [0.2, 0.25) is 0 Å². The van der Waals surface area contributed by atoms with Gasteiger partial charge in [-0.15, -0.1) is 0 Å². The highest BCUT2D eigenvalue weighted by Gasteiger charge is 2.10. The summed E-state index contributed by atoms with van der Waals surface area (Å²) in [5.74, 6) is -0.987. The summed E-state index contributed by atoms with van der Waals surface area (Å²) in [6.07, 6.45) is 0. The van der Waals surface area contributed by atoms with Gasteiger partial charge in [-0.25, -0.2) is 4.39 Å². The van der Waals surface area contributed by atoms with Crippen molar-refractivity contribution in [3.05, 3.63) is 108 Å². The predicted octanol–water partition coefficient (Wildman–Crippen LogP) is 5.48. The van der Waals surface area contributed by atoms with Crippen LogP contribution in [0, 0.1) is 5.82 Å². The average Bonchev–Trinajstić information content (AvgIpc) is 2.75. The molecule has 29 heavy (non-hydrogen) atoms. The highest BCUT2D eigenvalue weighted by Crippen LogP contribution is 2.23. The summed E-state index contributed by atoms with van der Waals surface area (Å²) in [5, 5.41) is 7.67. The van der Waals surface area contributed by atoms with E-state index in [1.54, 1.807) is 24.3 Å². The molecule has 0 aliphatic heterocycles. The van der Waals surface area contributed by atoms with E-state index in [4.69, 9.17) is 0 Å². The molecule has 0 unspecified atom stereocenters. The quantitative estimate of drug-likeness (QED) is 0.489. The maximum atomic E-state index is 13.0. The monoisotopic (exact) mass is 384 g/mol. The molecule has 2 amide bonds. The molecule has 2 N–H and O–H groups in total. The molecule has 0 bridgehead atoms. The lowest BCUT2D eigenvalue weighted by Gasteiger charge is -2.10. The standard InChI is InChI=1S/C24H17FN2O2/c25-19-12-8-17(9-13-19)23(28)26-20-14-10-18(11-15-20)24(29)27-22-7-3-5-16-4-1-2-6-21(16)22/h1-15H,(H,26,28)(H,27,29). The van der Waals surface area contributed by atoms with E-state index < -0.39 is 5.82 Å². The van der Waals surface area contributed by atoms with E-state index in [1.807, 2.05) is 42.5 Å². The Morgan fingerprint density at radius 3 is 1.93 bits per heavy atom. The lowest BCUT2D eigenvalue weighted by molar-refractivity contribution is 0.102. The Morgan fingerprint density at radius 2 is 1.21 bits per heavy atom. The minimum absolute atomic E-state index is 0.238. The number of halogens is 1. The third kappa shape index (κ3) is 4.14. The van der Waals surface area contributed by atoms with Gasteiger partial charge >= 0.3 is 0 Å². The molecular weight excluding hydrogens is 367 g/mol. The zero-order valence-corrected chi connectivity index (χ0v) is 15.4. The number of fused-ring (bicyclic) bond motifs is 1. The smallest absolute Gasteiger partial charge is 0.255 e. The minimum atomic E-state index is -0.400. The van der Waals surface area contributed by atoms with Crippen LogP contribution in [0.15, 0.2) is 91.0 Å². The van der Waals surface area contributed by atoms with Gasteiger partial charge < -0.3 is 10.6 Å². The summed E-state index contributed by atoms with van der Waals surface area (Å²) in [7, 11) is 0. The van der Waals surface area contributed by atoms with Crippen LogP contribution in [-0.4, -0.2) is 11.8 Å². The van der Waals surface area contributed by atoms with Crippen LogP contribution in [0.2, 0.25) is 0 Å². The lowest BCUT2D eigenvalue weighted by atomic mass is 10.1. The Bertz CT molecular complexity index is 1180. The van der Waals surface area contributed by atoms with Gasteiger partial charge in [0.15, 0.2) is 0 Å². The van der Waals surface area contributed by atoms with E-state index in [9.17, 15) is 14.0 Å². The zero-order valence-electron chi connectivity index (χ0n) is 15.4. The Morgan fingerprint density at radius 1 is 0.621 bits per heavy atom. The molecule has 0 fully saturated rings. The van der Waals surface area contributed by atoms with Crippen molar-refractivity contribution in [2.75, 3.05) is 10.6 Å². The molecule has 0 aromatic heterocycles. The van der Waals surface area contributed by atoms with Crippen molar-refractivity contribution in [3.8, 4) is 0 Å². The second kappa shape index (κ2) is 7.94. The molecule has 0 radical (unpaired) electrons. The van der Waals surface area contributed by atoms with E-state index in [1.165, 1.54) is 24.3 Å². The summed E-state index contributed by atoms with van der Waals surface area (Å²) in [6, 6.07) is 25.4. The number of hydrogen-bond acceptors (Lipinski definition) is 2. The topological polar surface area (TPSA) is 58.2 Å². The van der Waals surface area contributed by atoms with Crippen LogP contribution < -0.4 is 10.6 Å². The molecule has 4 nitrogen and oxygen atoms in total. The molecule has 4 aromatic carbocycles. The summed E-state index contributed by atoms with van der Waals surface area (Å²) in [4.78, 5) is 24.8. The largest absolute Gasteiger partial charge is 0.322 e. The van der Waals surface area contributed by atoms with E-state index >= 15 is 0 Å². The van der Waals surface area contributed by atoms with Crippen LogP contribution >= 0.6 is 0 Å². The number of rotatable bonds is 4. The summed E-state index contributed by atoms with van der Waals surface area (Å²) in [5.41, 5.74) is 2.10. The van der Waals surface area contributed by atoms with Crippen molar-refractivity contribution in [2.45, 2.75) is 0 Å². The van der Waals surface area contributed by atoms with Crippen molar-refractivity contribution in [2.24, 2.45) is 0 Å². The van der Waals surface area contributed by atoms with E-state index in [2.05, 4.69) is 10.6 Å². The van der Waals surface area contributed by atoms with Gasteiger partial charge in [-0.05, 0) is 60.0 Å². The van der Waals surface area contributed by atoms with Crippen molar-refractivity contribution < 1.29 is 14.0 Å². The highest BCUT2D eigenvalue weighted by atomic mass is 19.1. The van der Waals surface area contributed by atoms with Crippen LogP contribution in [0.3, 0.4) is 0 Å². The van der Waals surface area contributed by atoms with Crippen LogP contribution in [0.25, 0.3) is 10.8 Å². The molecule has 4 rings (SSSR count). The first-order valence-electron chi connectivity index (χ1n) is 9.06. The van der Waals surface area contributed by atoms with Crippen molar-refractivity contribution >= 4 is 34.0 Å². The highest BCUT2D eigenvalue weighted by molar-refractivity contribution is 6.09. The first-order chi connectivity index (χ1) is 14.1. The molecule has 4 aromatic rings. The molecule has 0 spiro atoms. The van der Waals surface area contributed by atoms with Gasteiger partial charge in [0.05, 0.1) is 0 Å². The molecule has 0 saturated carbocycles. The maximum absolute atomic E-state index is 13.0. The first-order valence-corrected chi connectivity index (χ1v) is 9.06. The van der Waals surface area contributed by atoms with Crippen molar-refractivity contribution in [3.63, 3.8) is 0 Å². The number of hydrogen-bond donors (Lipinski definition) is 2. The summed E-state index contributed by atoms with van der Waals surface area (Å²) < 4.78 is 13.0. The zero-order chi connectivity index (χ0) is 20.2. The predicted molar refractivity (Wildman–Crippen MR) is 113 cm³/mol. The second-order valence-electron chi connectivity index (χ2n) is 6.52. The third-order valence-electron chi connectivity index (χ3n) is 4.55. The van der Waals surface area contributed by atoms with Gasteiger partial charge in [0.1, 0.15) is 5.82 Å². The van der Waals surface area contributed by atoms with Gasteiger partial charge in [0, 0.05) is 27.9 Å². The summed E-state index contributed by atoms with van der Waals surface area (Å²) >= 11 is 0. The van der Waals surface area contributed by atoms with Crippen LogP contribution in [0.5, 0.6) is 0 Å². The number of benzene rings is 4. The molecule has 0 aliphatic carbocycles. The van der Waals surface area contributed by atoms with E-state index in [0.29, 0.717) is 16.8 Å². The minimum Gasteiger partial charge on any atom is -0.322 e. The van der Waals surface area contributed by atoms with Crippen molar-refractivity contribution in [1.29, 1.82) is 0 Å². The average molecular weight is 384 g/mol. The Kier molecular flexibility index (Phi) is 5.03. The van der Waals surface area contributed by atoms with E-state index in [-0.39, 0.29) is 11.8 Å². The Labute approximate surface area is 167 Å². The number of carbonyl (C=O) groups is 2. The molecule has 0 aliphatic rings. The molecular formula is C24H17FN2O2. The number of amides is 2. The number of anilines is 2. The van der Waals surface area contributed by atoms with Crippen LogP contribution in [0.4, 0.5) is 15.8 Å². The number of nitrogens with one attached hydrogen (secondary N) is 2. The summed E-state index contributed by atoms with van der Waals surface area (Å²) in [6.45, 7) is 0. The van der Waals surface area contributed by atoms with Gasteiger partial charge in [0.25, 0.3) is 11.8 Å². The molecule has 142 valence electrons. The Hall–Kier alpha value is -3.99. The SMILES string of the molecule is O=C(Nc1ccc(C(=O)Nc2cccc3ccccc23)cc1)c1ccc(F)cc1. The second-order valence-corrected chi connectivity index (χ2v) is 6.52. The Balaban J connectivity index is 1.46. The number of carbonyl (C=O) groups excluding carboxylic acids is 2. The van der Waals surface area contributed by atoms with Crippen LogP contribution in [0.1, 0.15) is 20.7 Å². The fourth-order valence-corrected chi connectivity index (χ4v) is 3.04.